The molecule has 0 saturated carbocycles. The first-order valence-corrected chi connectivity index (χ1v) is 6.24. The van der Waals surface area contributed by atoms with Crippen molar-refractivity contribution >= 4 is 35.1 Å². The SMILES string of the molecule is CC(C)(C)OC(=O)Nc1nc(CO/N=C\[C]=O)cs1. The van der Waals surface area contributed by atoms with Gasteiger partial charge in [-0.15, -0.1) is 11.3 Å². The van der Waals surface area contributed by atoms with Gasteiger partial charge in [0.1, 0.15) is 11.8 Å². The fourth-order valence-corrected chi connectivity index (χ4v) is 1.66. The minimum absolute atomic E-state index is 0.102. The fourth-order valence-electron chi connectivity index (χ4n) is 0.984. The van der Waals surface area contributed by atoms with Crippen LogP contribution in [-0.2, 0) is 21.0 Å². The highest BCUT2D eigenvalue weighted by Gasteiger charge is 2.17. The summed E-state index contributed by atoms with van der Waals surface area (Å²) in [5.74, 6) is 0. The van der Waals surface area contributed by atoms with Crippen LogP contribution >= 0.6 is 11.3 Å². The maximum absolute atomic E-state index is 11.5. The molecular formula is C11H14N3O4S. The van der Waals surface area contributed by atoms with E-state index in [0.29, 0.717) is 10.8 Å². The number of carbonyl (C=O) groups is 1. The molecule has 1 N–H and O–H groups in total. The molecule has 19 heavy (non-hydrogen) atoms. The number of nitrogens with one attached hydrogen (secondary N) is 1. The molecule has 7 nitrogen and oxygen atoms in total. The summed E-state index contributed by atoms with van der Waals surface area (Å²) in [5, 5.41) is 7.92. The number of ether oxygens (including phenoxy) is 1. The van der Waals surface area contributed by atoms with Crippen LogP contribution in [0.3, 0.4) is 0 Å². The van der Waals surface area contributed by atoms with E-state index in [2.05, 4.69) is 15.5 Å². The highest BCUT2D eigenvalue weighted by atomic mass is 32.1. The van der Waals surface area contributed by atoms with Gasteiger partial charge in [0.25, 0.3) is 0 Å². The number of carbonyl (C=O) groups excluding carboxylic acids is 2. The van der Waals surface area contributed by atoms with Crippen LogP contribution < -0.4 is 5.32 Å². The molecule has 0 bridgehead atoms. The van der Waals surface area contributed by atoms with E-state index in [1.54, 1.807) is 26.2 Å². The Kier molecular flexibility index (Phi) is 5.43. The van der Waals surface area contributed by atoms with E-state index in [-0.39, 0.29) is 6.61 Å². The summed E-state index contributed by atoms with van der Waals surface area (Å²) in [6.07, 6.45) is 1.75. The van der Waals surface area contributed by atoms with E-state index in [1.165, 1.54) is 17.6 Å². The van der Waals surface area contributed by atoms with Gasteiger partial charge < -0.3 is 9.57 Å². The molecule has 1 heterocycles. The van der Waals surface area contributed by atoms with E-state index >= 15 is 0 Å². The second kappa shape index (κ2) is 6.83. The van der Waals surface area contributed by atoms with Gasteiger partial charge in [-0.3, -0.25) is 10.1 Å². The number of hydrogen-bond acceptors (Lipinski definition) is 7. The third-order valence-corrected chi connectivity index (χ3v) is 2.36. The summed E-state index contributed by atoms with van der Waals surface area (Å²) < 4.78 is 5.08. The predicted molar refractivity (Wildman–Crippen MR) is 70.9 cm³/mol. The van der Waals surface area contributed by atoms with Crippen LogP contribution in [0.2, 0.25) is 0 Å². The van der Waals surface area contributed by atoms with Crippen LogP contribution in [0.4, 0.5) is 9.93 Å². The summed E-state index contributed by atoms with van der Waals surface area (Å²) >= 11 is 1.24. The number of nitrogens with zero attached hydrogens (tertiary/aromatic N) is 2. The van der Waals surface area contributed by atoms with Crippen molar-refractivity contribution < 1.29 is 19.2 Å². The van der Waals surface area contributed by atoms with Crippen molar-refractivity contribution in [3.8, 4) is 0 Å². The Morgan fingerprint density at radius 1 is 1.63 bits per heavy atom. The lowest BCUT2D eigenvalue weighted by molar-refractivity contribution is 0.0636. The fraction of sp³-hybridized carbons (Fsp3) is 0.455. The number of hydrogen-bond donors (Lipinski definition) is 1. The molecular weight excluding hydrogens is 270 g/mol. The highest BCUT2D eigenvalue weighted by Crippen LogP contribution is 2.17. The van der Waals surface area contributed by atoms with Gasteiger partial charge in [0.15, 0.2) is 11.7 Å². The zero-order chi connectivity index (χ0) is 14.3. The molecule has 0 unspecified atom stereocenters. The molecule has 103 valence electrons. The number of thiazole rings is 1. The first-order valence-electron chi connectivity index (χ1n) is 5.36. The van der Waals surface area contributed by atoms with Crippen molar-refractivity contribution in [3.63, 3.8) is 0 Å². The van der Waals surface area contributed by atoms with Crippen molar-refractivity contribution in [1.82, 2.24) is 4.98 Å². The van der Waals surface area contributed by atoms with E-state index in [1.807, 2.05) is 0 Å². The maximum Gasteiger partial charge on any atom is 0.413 e. The van der Waals surface area contributed by atoms with Crippen molar-refractivity contribution in [2.24, 2.45) is 5.16 Å². The molecule has 0 aliphatic carbocycles. The van der Waals surface area contributed by atoms with Crippen molar-refractivity contribution in [3.05, 3.63) is 11.1 Å². The van der Waals surface area contributed by atoms with Gasteiger partial charge >= 0.3 is 6.09 Å². The quantitative estimate of drug-likeness (QED) is 0.660. The lowest BCUT2D eigenvalue weighted by Gasteiger charge is -2.18. The summed E-state index contributed by atoms with van der Waals surface area (Å²) in [6, 6.07) is 0. The molecule has 8 heteroatoms. The Labute approximate surface area is 114 Å². The largest absolute Gasteiger partial charge is 0.444 e. The third kappa shape index (κ3) is 6.51. The average Bonchev–Trinajstić information content (AvgIpc) is 2.69. The molecule has 0 aliphatic rings. The Morgan fingerprint density at radius 3 is 3.00 bits per heavy atom. The topological polar surface area (TPSA) is 89.9 Å². The Morgan fingerprint density at radius 2 is 2.37 bits per heavy atom. The molecule has 1 aromatic heterocycles. The zero-order valence-corrected chi connectivity index (χ0v) is 11.6. The second-order valence-electron chi connectivity index (χ2n) is 4.40. The zero-order valence-electron chi connectivity index (χ0n) is 10.8. The third-order valence-electron chi connectivity index (χ3n) is 1.55. The number of aromatic nitrogens is 1. The summed E-state index contributed by atoms with van der Waals surface area (Å²) in [6.45, 7) is 5.42. The van der Waals surface area contributed by atoms with E-state index in [9.17, 15) is 9.59 Å². The molecule has 1 radical (unpaired) electrons. The molecule has 0 spiro atoms. The Bertz CT molecular complexity index is 465. The monoisotopic (exact) mass is 284 g/mol. The molecule has 0 atom stereocenters. The van der Waals surface area contributed by atoms with Gasteiger partial charge in [-0.2, -0.15) is 0 Å². The average molecular weight is 284 g/mol. The number of anilines is 1. The Balaban J connectivity index is 2.44. The van der Waals surface area contributed by atoms with Gasteiger partial charge in [0.2, 0.25) is 6.29 Å². The smallest absolute Gasteiger partial charge is 0.413 e. The van der Waals surface area contributed by atoms with Crippen LogP contribution in [0, 0.1) is 0 Å². The molecule has 0 aliphatic heterocycles. The van der Waals surface area contributed by atoms with E-state index in [4.69, 9.17) is 9.57 Å². The van der Waals surface area contributed by atoms with Gasteiger partial charge in [0, 0.05) is 5.38 Å². The van der Waals surface area contributed by atoms with E-state index in [0.717, 1.165) is 6.21 Å². The summed E-state index contributed by atoms with van der Waals surface area (Å²) in [7, 11) is 0. The van der Waals surface area contributed by atoms with E-state index < -0.39 is 11.7 Å². The van der Waals surface area contributed by atoms with Crippen LogP contribution in [0.15, 0.2) is 10.5 Å². The second-order valence-corrected chi connectivity index (χ2v) is 5.25. The van der Waals surface area contributed by atoms with Crippen LogP contribution in [0.1, 0.15) is 26.5 Å². The predicted octanol–water partition coefficient (Wildman–Crippen LogP) is 2.10. The summed E-state index contributed by atoms with van der Waals surface area (Å²) in [5.41, 5.74) is 0.0203. The van der Waals surface area contributed by atoms with Gasteiger partial charge in [0.05, 0.1) is 5.69 Å². The molecule has 1 rings (SSSR count). The van der Waals surface area contributed by atoms with Crippen molar-refractivity contribution in [2.75, 3.05) is 5.32 Å². The molecule has 1 amide bonds. The first-order chi connectivity index (χ1) is 8.90. The number of rotatable bonds is 5. The lowest BCUT2D eigenvalue weighted by atomic mass is 10.2. The van der Waals surface area contributed by atoms with Crippen LogP contribution in [0.5, 0.6) is 0 Å². The molecule has 0 fully saturated rings. The maximum atomic E-state index is 11.5. The van der Waals surface area contributed by atoms with Crippen molar-refractivity contribution in [2.45, 2.75) is 33.0 Å². The van der Waals surface area contributed by atoms with Crippen LogP contribution in [-0.4, -0.2) is 29.2 Å². The van der Waals surface area contributed by atoms with Gasteiger partial charge in [-0.25, -0.2) is 9.78 Å². The number of amides is 1. The normalized spacial score (nSPS) is 11.3. The molecule has 1 aromatic rings. The summed E-state index contributed by atoms with van der Waals surface area (Å²) in [4.78, 5) is 30.2. The first kappa shape index (κ1) is 15.1. The van der Waals surface area contributed by atoms with Gasteiger partial charge in [-0.05, 0) is 20.8 Å². The minimum Gasteiger partial charge on any atom is -0.444 e. The molecule has 0 aromatic carbocycles. The van der Waals surface area contributed by atoms with Crippen molar-refractivity contribution in [1.29, 1.82) is 0 Å². The standard InChI is InChI=1S/C11H14N3O4S/c1-11(2,3)18-10(16)14-9-13-8(7-19-9)6-17-12-4-5-15/h4,7H,6H2,1-3H3,(H,13,14,16)/b12-4-. The Hall–Kier alpha value is -1.96. The molecule has 0 saturated heterocycles. The lowest BCUT2D eigenvalue weighted by Crippen LogP contribution is -2.27. The highest BCUT2D eigenvalue weighted by molar-refractivity contribution is 7.13. The number of oxime groups is 1. The van der Waals surface area contributed by atoms with Crippen LogP contribution in [0.25, 0.3) is 0 Å². The minimum atomic E-state index is -0.567. The van der Waals surface area contributed by atoms with Gasteiger partial charge in [-0.1, -0.05) is 5.16 Å².